The van der Waals surface area contributed by atoms with Crippen LogP contribution in [0.2, 0.25) is 10.0 Å². The molecule has 0 aliphatic rings. The predicted octanol–water partition coefficient (Wildman–Crippen LogP) is 4.43. The summed E-state index contributed by atoms with van der Waals surface area (Å²) in [6, 6.07) is 5.43. The van der Waals surface area contributed by atoms with Gasteiger partial charge in [-0.1, -0.05) is 49.5 Å². The Morgan fingerprint density at radius 1 is 1.27 bits per heavy atom. The molecule has 2 N–H and O–H groups in total. The smallest absolute Gasteiger partial charge is 0.0468 e. The van der Waals surface area contributed by atoms with Crippen LogP contribution >= 0.6 is 23.2 Å². The summed E-state index contributed by atoms with van der Waals surface area (Å²) in [5.74, 6) is 0.590. The van der Waals surface area contributed by atoms with Crippen LogP contribution in [0.5, 0.6) is 0 Å². The molecule has 0 aliphatic heterocycles. The molecule has 84 valence electrons. The Kier molecular flexibility index (Phi) is 4.91. The number of hydrogen-bond acceptors (Lipinski definition) is 1. The third-order valence-electron chi connectivity index (χ3n) is 2.72. The van der Waals surface area contributed by atoms with Crippen molar-refractivity contribution in [1.82, 2.24) is 0 Å². The van der Waals surface area contributed by atoms with E-state index >= 15 is 0 Å². The van der Waals surface area contributed by atoms with Crippen molar-refractivity contribution in [2.45, 2.75) is 32.7 Å². The van der Waals surface area contributed by atoms with Crippen molar-refractivity contribution in [3.63, 3.8) is 0 Å². The van der Waals surface area contributed by atoms with Gasteiger partial charge in [-0.05, 0) is 24.5 Å². The summed E-state index contributed by atoms with van der Waals surface area (Å²) in [5.41, 5.74) is 6.98. The maximum absolute atomic E-state index is 6.10. The Morgan fingerprint density at radius 2 is 1.80 bits per heavy atom. The number of nitrogens with two attached hydrogens (primary N) is 1. The zero-order valence-electron chi connectivity index (χ0n) is 9.13. The van der Waals surface area contributed by atoms with Crippen molar-refractivity contribution in [2.75, 3.05) is 0 Å². The average Bonchev–Trinajstić information content (AvgIpc) is 2.17. The van der Waals surface area contributed by atoms with Gasteiger partial charge >= 0.3 is 0 Å². The molecule has 2 atom stereocenters. The largest absolute Gasteiger partial charge is 0.324 e. The Hall–Kier alpha value is -0.240. The van der Waals surface area contributed by atoms with Crippen molar-refractivity contribution in [3.8, 4) is 0 Å². The second-order valence-electron chi connectivity index (χ2n) is 3.99. The van der Waals surface area contributed by atoms with E-state index in [9.17, 15) is 0 Å². The van der Waals surface area contributed by atoms with E-state index in [0.29, 0.717) is 16.0 Å². The summed E-state index contributed by atoms with van der Waals surface area (Å²) in [6.07, 6.45) is 2.04. The molecule has 0 heterocycles. The third-order valence-corrected chi connectivity index (χ3v) is 3.38. The van der Waals surface area contributed by atoms with Crippen LogP contribution < -0.4 is 5.73 Å². The maximum Gasteiger partial charge on any atom is 0.0468 e. The first-order valence-electron chi connectivity index (χ1n) is 5.25. The van der Waals surface area contributed by atoms with Crippen molar-refractivity contribution < 1.29 is 0 Å². The minimum atomic E-state index is -0.0684. The van der Waals surface area contributed by atoms with Gasteiger partial charge in [0.1, 0.15) is 0 Å². The van der Waals surface area contributed by atoms with Gasteiger partial charge in [-0.25, -0.2) is 0 Å². The molecule has 3 heteroatoms. The zero-order valence-corrected chi connectivity index (χ0v) is 10.6. The number of hydrogen-bond donors (Lipinski definition) is 1. The van der Waals surface area contributed by atoms with Gasteiger partial charge < -0.3 is 5.73 Å². The topological polar surface area (TPSA) is 26.0 Å². The fraction of sp³-hybridized carbons (Fsp3) is 0.500. The Morgan fingerprint density at radius 3 is 2.27 bits per heavy atom. The predicted molar refractivity (Wildman–Crippen MR) is 67.5 cm³/mol. The molecule has 2 unspecified atom stereocenters. The SMILES string of the molecule is CCC(C)CC(N)c1c(Cl)cccc1Cl. The number of halogens is 2. The highest BCUT2D eigenvalue weighted by atomic mass is 35.5. The van der Waals surface area contributed by atoms with Gasteiger partial charge in [0.15, 0.2) is 0 Å². The second kappa shape index (κ2) is 5.74. The van der Waals surface area contributed by atoms with Crippen molar-refractivity contribution in [1.29, 1.82) is 0 Å². The minimum absolute atomic E-state index is 0.0684. The molecule has 0 saturated heterocycles. The second-order valence-corrected chi connectivity index (χ2v) is 4.81. The van der Waals surface area contributed by atoms with Gasteiger partial charge in [0.25, 0.3) is 0 Å². The van der Waals surface area contributed by atoms with E-state index in [1.807, 2.05) is 18.2 Å². The molecule has 1 nitrogen and oxygen atoms in total. The molecule has 0 fully saturated rings. The Bertz CT molecular complexity index is 305. The fourth-order valence-electron chi connectivity index (χ4n) is 1.58. The molecule has 0 saturated carbocycles. The van der Waals surface area contributed by atoms with E-state index in [-0.39, 0.29) is 6.04 Å². The summed E-state index contributed by atoms with van der Waals surface area (Å²) in [6.45, 7) is 4.34. The first-order valence-corrected chi connectivity index (χ1v) is 6.01. The first-order chi connectivity index (χ1) is 7.06. The van der Waals surface area contributed by atoms with E-state index in [0.717, 1.165) is 18.4 Å². The van der Waals surface area contributed by atoms with E-state index in [1.165, 1.54) is 0 Å². The van der Waals surface area contributed by atoms with Crippen molar-refractivity contribution >= 4 is 23.2 Å². The van der Waals surface area contributed by atoms with Gasteiger partial charge in [-0.3, -0.25) is 0 Å². The van der Waals surface area contributed by atoms with E-state index < -0.39 is 0 Å². The molecule has 0 bridgehead atoms. The van der Waals surface area contributed by atoms with Crippen LogP contribution in [0.3, 0.4) is 0 Å². The van der Waals surface area contributed by atoms with Crippen LogP contribution in [0.15, 0.2) is 18.2 Å². The number of benzene rings is 1. The van der Waals surface area contributed by atoms with Crippen LogP contribution in [-0.2, 0) is 0 Å². The summed E-state index contributed by atoms with van der Waals surface area (Å²) in [5, 5.41) is 1.33. The quantitative estimate of drug-likeness (QED) is 0.835. The van der Waals surface area contributed by atoms with E-state index in [1.54, 1.807) is 0 Å². The van der Waals surface area contributed by atoms with Crippen LogP contribution in [-0.4, -0.2) is 0 Å². The molecule has 1 rings (SSSR count). The molecular formula is C12H17Cl2N. The molecule has 0 aromatic heterocycles. The third kappa shape index (κ3) is 3.37. The maximum atomic E-state index is 6.10. The minimum Gasteiger partial charge on any atom is -0.324 e. The monoisotopic (exact) mass is 245 g/mol. The lowest BCUT2D eigenvalue weighted by Gasteiger charge is -2.18. The van der Waals surface area contributed by atoms with Crippen LogP contribution in [0.4, 0.5) is 0 Å². The van der Waals surface area contributed by atoms with Crippen molar-refractivity contribution in [2.24, 2.45) is 11.7 Å². The standard InChI is InChI=1S/C12H17Cl2N/c1-3-8(2)7-11(15)12-9(13)5-4-6-10(12)14/h4-6,8,11H,3,7,15H2,1-2H3. The van der Waals surface area contributed by atoms with Crippen LogP contribution in [0.1, 0.15) is 38.3 Å². The Labute approximate surface area is 102 Å². The molecule has 1 aromatic carbocycles. The first kappa shape index (κ1) is 12.8. The fourth-order valence-corrected chi connectivity index (χ4v) is 2.26. The van der Waals surface area contributed by atoms with Gasteiger partial charge in [0.2, 0.25) is 0 Å². The van der Waals surface area contributed by atoms with Gasteiger partial charge in [-0.2, -0.15) is 0 Å². The zero-order chi connectivity index (χ0) is 11.4. The average molecular weight is 246 g/mol. The molecule has 0 amide bonds. The van der Waals surface area contributed by atoms with Crippen LogP contribution in [0.25, 0.3) is 0 Å². The summed E-state index contributed by atoms with van der Waals surface area (Å²) in [7, 11) is 0. The summed E-state index contributed by atoms with van der Waals surface area (Å²) < 4.78 is 0. The summed E-state index contributed by atoms with van der Waals surface area (Å²) in [4.78, 5) is 0. The van der Waals surface area contributed by atoms with Gasteiger partial charge in [0.05, 0.1) is 0 Å². The van der Waals surface area contributed by atoms with Crippen LogP contribution in [0, 0.1) is 5.92 Å². The number of rotatable bonds is 4. The van der Waals surface area contributed by atoms with E-state index in [4.69, 9.17) is 28.9 Å². The lowest BCUT2D eigenvalue weighted by molar-refractivity contribution is 0.461. The van der Waals surface area contributed by atoms with Gasteiger partial charge in [-0.15, -0.1) is 0 Å². The normalized spacial score (nSPS) is 15.0. The Balaban J connectivity index is 2.86. The highest BCUT2D eigenvalue weighted by Crippen LogP contribution is 2.32. The molecule has 0 spiro atoms. The molecule has 0 aliphatic carbocycles. The van der Waals surface area contributed by atoms with E-state index in [2.05, 4.69) is 13.8 Å². The van der Waals surface area contributed by atoms with Gasteiger partial charge in [0, 0.05) is 21.7 Å². The lowest BCUT2D eigenvalue weighted by Crippen LogP contribution is -2.14. The highest BCUT2D eigenvalue weighted by molar-refractivity contribution is 6.36. The molecule has 15 heavy (non-hydrogen) atoms. The highest BCUT2D eigenvalue weighted by Gasteiger charge is 2.15. The van der Waals surface area contributed by atoms with Crippen molar-refractivity contribution in [3.05, 3.63) is 33.8 Å². The molecular weight excluding hydrogens is 229 g/mol. The molecule has 0 radical (unpaired) electrons. The summed E-state index contributed by atoms with van der Waals surface area (Å²) >= 11 is 12.2. The molecule has 1 aromatic rings. The lowest BCUT2D eigenvalue weighted by atomic mass is 9.95.